The number of aromatic amines is 1. The molecule has 0 aliphatic carbocycles. The number of hydrogen-bond donors (Lipinski definition) is 2. The zero-order chi connectivity index (χ0) is 11.7. The Hall–Kier alpha value is -1.47. The highest BCUT2D eigenvalue weighted by molar-refractivity contribution is 9.10. The molecule has 0 aromatic carbocycles. The maximum Gasteiger partial charge on any atom is 0.354 e. The third kappa shape index (κ3) is 2.20. The maximum atomic E-state index is 11.2. The van der Waals surface area contributed by atoms with Crippen LogP contribution in [0.25, 0.3) is 10.7 Å². The van der Waals surface area contributed by atoms with Crippen LogP contribution in [0.15, 0.2) is 26.8 Å². The molecule has 0 bridgehead atoms. The number of aromatic nitrogens is 2. The maximum absolute atomic E-state index is 11.2. The first kappa shape index (κ1) is 11.0. The number of hydrogen-bond acceptors (Lipinski definition) is 4. The van der Waals surface area contributed by atoms with Gasteiger partial charge in [-0.15, -0.1) is 11.3 Å². The summed E-state index contributed by atoms with van der Waals surface area (Å²) in [4.78, 5) is 29.0. The predicted molar refractivity (Wildman–Crippen MR) is 62.8 cm³/mol. The van der Waals surface area contributed by atoms with Crippen molar-refractivity contribution in [1.82, 2.24) is 9.97 Å². The van der Waals surface area contributed by atoms with E-state index >= 15 is 0 Å². The quantitative estimate of drug-likeness (QED) is 0.888. The molecule has 2 rings (SSSR count). The van der Waals surface area contributed by atoms with Gasteiger partial charge in [0.25, 0.3) is 5.56 Å². The monoisotopic (exact) mass is 300 g/mol. The van der Waals surface area contributed by atoms with Crippen LogP contribution in [0.3, 0.4) is 0 Å². The molecule has 82 valence electrons. The van der Waals surface area contributed by atoms with Crippen LogP contribution in [0.2, 0.25) is 0 Å². The largest absolute Gasteiger partial charge is 0.477 e. The number of nitrogens with one attached hydrogen (secondary N) is 1. The highest BCUT2D eigenvalue weighted by Gasteiger charge is 2.10. The first-order chi connectivity index (χ1) is 7.56. The van der Waals surface area contributed by atoms with Crippen molar-refractivity contribution in [1.29, 1.82) is 0 Å². The van der Waals surface area contributed by atoms with Crippen molar-refractivity contribution in [2.45, 2.75) is 0 Å². The van der Waals surface area contributed by atoms with E-state index in [-0.39, 0.29) is 11.5 Å². The Kier molecular flexibility index (Phi) is 2.88. The summed E-state index contributed by atoms with van der Waals surface area (Å²) in [5.74, 6) is -0.955. The fraction of sp³-hybridized carbons (Fsp3) is 0. The zero-order valence-electron chi connectivity index (χ0n) is 7.73. The number of aromatic carboxylic acids is 1. The average molecular weight is 301 g/mol. The van der Waals surface area contributed by atoms with E-state index in [1.54, 1.807) is 6.07 Å². The van der Waals surface area contributed by atoms with E-state index in [2.05, 4.69) is 25.9 Å². The lowest BCUT2D eigenvalue weighted by atomic mass is 10.3. The second-order valence-electron chi connectivity index (χ2n) is 2.91. The van der Waals surface area contributed by atoms with Crippen LogP contribution in [0.1, 0.15) is 10.5 Å². The number of carboxylic acid groups (broad SMARTS) is 1. The fourth-order valence-electron chi connectivity index (χ4n) is 1.12. The van der Waals surface area contributed by atoms with Crippen molar-refractivity contribution in [3.8, 4) is 10.7 Å². The van der Waals surface area contributed by atoms with Gasteiger partial charge in [0.15, 0.2) is 11.5 Å². The molecule has 16 heavy (non-hydrogen) atoms. The first-order valence-electron chi connectivity index (χ1n) is 4.15. The number of halogens is 1. The molecule has 2 N–H and O–H groups in total. The number of H-pyrrole nitrogens is 1. The molecule has 2 aromatic rings. The minimum atomic E-state index is -1.22. The van der Waals surface area contributed by atoms with Gasteiger partial charge >= 0.3 is 5.97 Å². The van der Waals surface area contributed by atoms with E-state index in [1.165, 1.54) is 11.3 Å². The SMILES string of the molecule is O=C(O)c1cc(=O)[nH]c(-c2cc(Br)cs2)n1. The van der Waals surface area contributed by atoms with E-state index < -0.39 is 11.5 Å². The molecule has 0 fully saturated rings. The Morgan fingerprint density at radius 3 is 2.81 bits per heavy atom. The van der Waals surface area contributed by atoms with Gasteiger partial charge in [-0.05, 0) is 22.0 Å². The van der Waals surface area contributed by atoms with Crippen molar-refractivity contribution >= 4 is 33.2 Å². The number of thiophene rings is 1. The van der Waals surface area contributed by atoms with Gasteiger partial charge in [0.2, 0.25) is 0 Å². The summed E-state index contributed by atoms with van der Waals surface area (Å²) >= 11 is 4.63. The highest BCUT2D eigenvalue weighted by atomic mass is 79.9. The molecule has 0 saturated carbocycles. The van der Waals surface area contributed by atoms with Crippen LogP contribution >= 0.6 is 27.3 Å². The van der Waals surface area contributed by atoms with Crippen LogP contribution in [0.4, 0.5) is 0 Å². The van der Waals surface area contributed by atoms with Crippen LogP contribution < -0.4 is 5.56 Å². The summed E-state index contributed by atoms with van der Waals surface area (Å²) < 4.78 is 0.857. The lowest BCUT2D eigenvalue weighted by Crippen LogP contribution is -2.13. The molecule has 0 atom stereocenters. The third-order valence-corrected chi connectivity index (χ3v) is 3.46. The highest BCUT2D eigenvalue weighted by Crippen LogP contribution is 2.26. The standard InChI is InChI=1S/C9H5BrN2O3S/c10-4-1-6(16-3-4)8-11-5(9(14)15)2-7(13)12-8/h1-3H,(H,14,15)(H,11,12,13). The summed E-state index contributed by atoms with van der Waals surface area (Å²) in [5, 5.41) is 10.6. The molecule has 2 aromatic heterocycles. The van der Waals surface area contributed by atoms with Gasteiger partial charge in [-0.3, -0.25) is 4.79 Å². The topological polar surface area (TPSA) is 83.0 Å². The van der Waals surface area contributed by atoms with Crippen molar-refractivity contribution in [3.63, 3.8) is 0 Å². The summed E-state index contributed by atoms with van der Waals surface area (Å²) in [7, 11) is 0. The van der Waals surface area contributed by atoms with Crippen molar-refractivity contribution in [3.05, 3.63) is 38.0 Å². The van der Waals surface area contributed by atoms with Crippen molar-refractivity contribution < 1.29 is 9.90 Å². The second kappa shape index (κ2) is 4.18. The van der Waals surface area contributed by atoms with Gasteiger partial charge < -0.3 is 10.1 Å². The fourth-order valence-corrected chi connectivity index (χ4v) is 2.49. The number of rotatable bonds is 2. The summed E-state index contributed by atoms with van der Waals surface area (Å²) in [6.07, 6.45) is 0. The van der Waals surface area contributed by atoms with E-state index in [0.717, 1.165) is 10.5 Å². The molecule has 0 radical (unpaired) electrons. The Balaban J connectivity index is 2.57. The number of nitrogens with zero attached hydrogens (tertiary/aromatic N) is 1. The van der Waals surface area contributed by atoms with Crippen LogP contribution in [-0.2, 0) is 0 Å². The van der Waals surface area contributed by atoms with Crippen molar-refractivity contribution in [2.24, 2.45) is 0 Å². The lowest BCUT2D eigenvalue weighted by Gasteiger charge is -1.97. The van der Waals surface area contributed by atoms with Gasteiger partial charge in [-0.2, -0.15) is 0 Å². The van der Waals surface area contributed by atoms with Gasteiger partial charge in [-0.1, -0.05) is 0 Å². The first-order valence-corrected chi connectivity index (χ1v) is 5.82. The van der Waals surface area contributed by atoms with Crippen molar-refractivity contribution in [2.75, 3.05) is 0 Å². The van der Waals surface area contributed by atoms with Gasteiger partial charge in [0.1, 0.15) is 0 Å². The van der Waals surface area contributed by atoms with Gasteiger partial charge in [-0.25, -0.2) is 9.78 Å². The summed E-state index contributed by atoms with van der Waals surface area (Å²) in [5.41, 5.74) is -0.741. The van der Waals surface area contributed by atoms with E-state index in [9.17, 15) is 9.59 Å². The van der Waals surface area contributed by atoms with E-state index in [0.29, 0.717) is 4.88 Å². The molecule has 2 heterocycles. The number of carbonyl (C=O) groups is 1. The Morgan fingerprint density at radius 1 is 1.50 bits per heavy atom. The zero-order valence-corrected chi connectivity index (χ0v) is 10.1. The molecular weight excluding hydrogens is 296 g/mol. The Morgan fingerprint density at radius 2 is 2.25 bits per heavy atom. The van der Waals surface area contributed by atoms with Gasteiger partial charge in [0.05, 0.1) is 4.88 Å². The molecule has 7 heteroatoms. The van der Waals surface area contributed by atoms with Crippen LogP contribution in [0, 0.1) is 0 Å². The van der Waals surface area contributed by atoms with E-state index in [1.807, 2.05) is 5.38 Å². The third-order valence-electron chi connectivity index (χ3n) is 1.76. The van der Waals surface area contributed by atoms with Crippen LogP contribution in [0.5, 0.6) is 0 Å². The lowest BCUT2D eigenvalue weighted by molar-refractivity contribution is 0.0690. The molecule has 0 unspecified atom stereocenters. The summed E-state index contributed by atoms with van der Waals surface area (Å²) in [6.45, 7) is 0. The Labute approximate surface area is 102 Å². The van der Waals surface area contributed by atoms with Gasteiger partial charge in [0, 0.05) is 15.9 Å². The minimum Gasteiger partial charge on any atom is -0.477 e. The summed E-state index contributed by atoms with van der Waals surface area (Å²) in [6, 6.07) is 2.71. The molecule has 0 amide bonds. The molecular formula is C9H5BrN2O3S. The molecule has 0 saturated heterocycles. The smallest absolute Gasteiger partial charge is 0.354 e. The molecule has 5 nitrogen and oxygen atoms in total. The molecule has 0 aliphatic rings. The molecule has 0 spiro atoms. The normalized spacial score (nSPS) is 10.3. The van der Waals surface area contributed by atoms with E-state index in [4.69, 9.17) is 5.11 Å². The minimum absolute atomic E-state index is 0.261. The Bertz CT molecular complexity index is 605. The molecule has 0 aliphatic heterocycles. The number of carboxylic acids is 1. The average Bonchev–Trinajstić information content (AvgIpc) is 2.64. The van der Waals surface area contributed by atoms with Crippen LogP contribution in [-0.4, -0.2) is 21.0 Å². The second-order valence-corrected chi connectivity index (χ2v) is 4.74. The predicted octanol–water partition coefficient (Wildman–Crippen LogP) is 1.96.